The minimum absolute atomic E-state index is 0.744. The fraction of sp³-hybridized carbons (Fsp3) is 0.476. The Hall–Kier alpha value is -2.71. The van der Waals surface area contributed by atoms with Gasteiger partial charge in [0.25, 0.3) is 0 Å². The lowest BCUT2D eigenvalue weighted by molar-refractivity contribution is 0.122. The van der Waals surface area contributed by atoms with E-state index in [0.717, 1.165) is 80.9 Å². The van der Waals surface area contributed by atoms with Crippen LogP contribution in [0, 0.1) is 12.3 Å². The van der Waals surface area contributed by atoms with E-state index in [1.54, 1.807) is 6.33 Å². The van der Waals surface area contributed by atoms with Crippen LogP contribution in [0.3, 0.4) is 0 Å². The number of hydrogen-bond acceptors (Lipinski definition) is 8. The van der Waals surface area contributed by atoms with Gasteiger partial charge in [0.15, 0.2) is 0 Å². The van der Waals surface area contributed by atoms with Crippen molar-refractivity contribution >= 4 is 29.2 Å². The molecular formula is C21H29N7O. The number of aryl methyl sites for hydroxylation is 1. The Labute approximate surface area is 172 Å². The van der Waals surface area contributed by atoms with Crippen LogP contribution in [0.1, 0.15) is 11.1 Å². The van der Waals surface area contributed by atoms with E-state index in [4.69, 9.17) is 10.1 Å². The molecular weight excluding hydrogens is 366 g/mol. The third kappa shape index (κ3) is 4.49. The van der Waals surface area contributed by atoms with E-state index in [-0.39, 0.29) is 0 Å². The first-order valence-electron chi connectivity index (χ1n) is 10.1. The summed E-state index contributed by atoms with van der Waals surface area (Å²) in [6.07, 6.45) is 3.00. The molecule has 0 atom stereocenters. The summed E-state index contributed by atoms with van der Waals surface area (Å²) in [7, 11) is 2.15. The van der Waals surface area contributed by atoms with E-state index in [0.29, 0.717) is 0 Å². The zero-order chi connectivity index (χ0) is 20.2. The molecule has 0 spiro atoms. The van der Waals surface area contributed by atoms with Crippen LogP contribution in [0.5, 0.6) is 0 Å². The predicted molar refractivity (Wildman–Crippen MR) is 117 cm³/mol. The second kappa shape index (κ2) is 8.75. The second-order valence-corrected chi connectivity index (χ2v) is 7.65. The van der Waals surface area contributed by atoms with Crippen molar-refractivity contribution in [2.24, 2.45) is 0 Å². The Bertz CT molecular complexity index is 858. The first-order chi connectivity index (χ1) is 14.1. The monoisotopic (exact) mass is 395 g/mol. The molecule has 3 heterocycles. The number of morpholine rings is 1. The van der Waals surface area contributed by atoms with E-state index in [1.807, 2.05) is 6.07 Å². The van der Waals surface area contributed by atoms with Crippen molar-refractivity contribution in [2.75, 3.05) is 74.6 Å². The number of aromatic nitrogens is 2. The van der Waals surface area contributed by atoms with Crippen molar-refractivity contribution in [1.29, 1.82) is 5.41 Å². The van der Waals surface area contributed by atoms with E-state index >= 15 is 0 Å². The molecule has 2 aliphatic heterocycles. The zero-order valence-corrected chi connectivity index (χ0v) is 17.2. The van der Waals surface area contributed by atoms with Crippen LogP contribution < -0.4 is 15.1 Å². The van der Waals surface area contributed by atoms with Crippen LogP contribution >= 0.6 is 0 Å². The van der Waals surface area contributed by atoms with Gasteiger partial charge in [-0.2, -0.15) is 0 Å². The Morgan fingerprint density at radius 3 is 2.48 bits per heavy atom. The minimum Gasteiger partial charge on any atom is -0.378 e. The molecule has 2 saturated heterocycles. The van der Waals surface area contributed by atoms with Gasteiger partial charge >= 0.3 is 0 Å². The van der Waals surface area contributed by atoms with Gasteiger partial charge in [0.05, 0.1) is 18.9 Å². The first kappa shape index (κ1) is 19.6. The third-order valence-electron chi connectivity index (χ3n) is 5.62. The first-order valence-corrected chi connectivity index (χ1v) is 10.1. The zero-order valence-electron chi connectivity index (χ0n) is 17.2. The molecule has 2 aliphatic rings. The second-order valence-electron chi connectivity index (χ2n) is 7.65. The van der Waals surface area contributed by atoms with Crippen LogP contribution in [0.2, 0.25) is 0 Å². The molecule has 4 rings (SSSR count). The molecule has 154 valence electrons. The van der Waals surface area contributed by atoms with Gasteiger partial charge in [-0.1, -0.05) is 0 Å². The minimum atomic E-state index is 0.744. The van der Waals surface area contributed by atoms with Crippen molar-refractivity contribution in [3.8, 4) is 0 Å². The van der Waals surface area contributed by atoms with Crippen molar-refractivity contribution in [3.05, 3.63) is 35.7 Å². The Morgan fingerprint density at radius 2 is 1.76 bits per heavy atom. The highest BCUT2D eigenvalue weighted by molar-refractivity contribution is 5.89. The molecule has 0 aliphatic carbocycles. The molecule has 0 bridgehead atoms. The standard InChI is InChI=1S/C21H29N7O/c1-16-11-17(14-22)18(12-19(16)27-7-9-29-10-8-27)25-20-13-21(24-15-23-20)28-5-3-26(2)4-6-28/h11-15,22H,3-10H2,1-2H3,(H,23,24,25). The summed E-state index contributed by atoms with van der Waals surface area (Å²) in [4.78, 5) is 15.8. The number of likely N-dealkylation sites (N-methyl/N-ethyl adjacent to an activating group) is 1. The van der Waals surface area contributed by atoms with E-state index in [2.05, 4.69) is 56.1 Å². The summed E-state index contributed by atoms with van der Waals surface area (Å²) < 4.78 is 5.49. The number of benzene rings is 1. The van der Waals surface area contributed by atoms with Crippen molar-refractivity contribution in [1.82, 2.24) is 14.9 Å². The average Bonchev–Trinajstić information content (AvgIpc) is 2.76. The number of hydrogen-bond donors (Lipinski definition) is 2. The maximum atomic E-state index is 7.84. The highest BCUT2D eigenvalue weighted by Crippen LogP contribution is 2.30. The maximum absolute atomic E-state index is 7.84. The SMILES string of the molecule is Cc1cc(C=N)c(Nc2cc(N3CCN(C)CC3)ncn2)cc1N1CCOCC1. The summed E-state index contributed by atoms with van der Waals surface area (Å²) in [6.45, 7) is 9.34. The summed E-state index contributed by atoms with van der Waals surface area (Å²) in [5, 5.41) is 11.3. The van der Waals surface area contributed by atoms with E-state index in [9.17, 15) is 0 Å². The summed E-state index contributed by atoms with van der Waals surface area (Å²) in [6, 6.07) is 6.18. The fourth-order valence-electron chi connectivity index (χ4n) is 3.85. The molecule has 8 heteroatoms. The van der Waals surface area contributed by atoms with Crippen molar-refractivity contribution < 1.29 is 4.74 Å². The highest BCUT2D eigenvalue weighted by Gasteiger charge is 2.18. The lowest BCUT2D eigenvalue weighted by Crippen LogP contribution is -2.44. The van der Waals surface area contributed by atoms with Crippen LogP contribution in [-0.2, 0) is 4.74 Å². The molecule has 0 saturated carbocycles. The molecule has 0 unspecified atom stereocenters. The molecule has 2 fully saturated rings. The quantitative estimate of drug-likeness (QED) is 0.751. The van der Waals surface area contributed by atoms with Gasteiger partial charge in [-0.3, -0.25) is 0 Å². The molecule has 8 nitrogen and oxygen atoms in total. The molecule has 2 N–H and O–H groups in total. The Morgan fingerprint density at radius 1 is 1.00 bits per heavy atom. The molecule has 0 amide bonds. The van der Waals surface area contributed by atoms with Gasteiger partial charge in [0, 0.05) is 62.8 Å². The van der Waals surface area contributed by atoms with Crippen LogP contribution in [0.4, 0.5) is 23.0 Å². The number of piperazine rings is 1. The molecule has 2 aromatic rings. The average molecular weight is 396 g/mol. The molecule has 1 aromatic carbocycles. The van der Waals surface area contributed by atoms with Gasteiger partial charge in [0.2, 0.25) is 0 Å². The van der Waals surface area contributed by atoms with Gasteiger partial charge in [-0.15, -0.1) is 0 Å². The number of rotatable bonds is 5. The van der Waals surface area contributed by atoms with E-state index in [1.165, 1.54) is 11.9 Å². The van der Waals surface area contributed by atoms with Gasteiger partial charge in [-0.05, 0) is 31.7 Å². The summed E-state index contributed by atoms with van der Waals surface area (Å²) >= 11 is 0. The van der Waals surface area contributed by atoms with Gasteiger partial charge in [0.1, 0.15) is 18.0 Å². The van der Waals surface area contributed by atoms with Gasteiger partial charge in [-0.25, -0.2) is 9.97 Å². The topological polar surface area (TPSA) is 80.6 Å². The smallest absolute Gasteiger partial charge is 0.135 e. The van der Waals surface area contributed by atoms with Crippen molar-refractivity contribution in [2.45, 2.75) is 6.92 Å². The number of anilines is 4. The van der Waals surface area contributed by atoms with Crippen LogP contribution in [0.25, 0.3) is 0 Å². The highest BCUT2D eigenvalue weighted by atomic mass is 16.5. The molecule has 29 heavy (non-hydrogen) atoms. The number of nitrogens with zero attached hydrogens (tertiary/aromatic N) is 5. The lowest BCUT2D eigenvalue weighted by atomic mass is 10.1. The van der Waals surface area contributed by atoms with Gasteiger partial charge < -0.3 is 30.2 Å². The Balaban J connectivity index is 1.58. The summed E-state index contributed by atoms with van der Waals surface area (Å²) in [5.74, 6) is 1.68. The summed E-state index contributed by atoms with van der Waals surface area (Å²) in [5.41, 5.74) is 4.07. The largest absolute Gasteiger partial charge is 0.378 e. The van der Waals surface area contributed by atoms with Crippen LogP contribution in [-0.4, -0.2) is 80.6 Å². The maximum Gasteiger partial charge on any atom is 0.135 e. The molecule has 0 radical (unpaired) electrons. The molecule has 1 aromatic heterocycles. The fourth-order valence-corrected chi connectivity index (χ4v) is 3.85. The number of ether oxygens (including phenoxy) is 1. The predicted octanol–water partition coefficient (Wildman–Crippen LogP) is 2.11. The third-order valence-corrected chi connectivity index (χ3v) is 5.62. The van der Waals surface area contributed by atoms with Crippen molar-refractivity contribution in [3.63, 3.8) is 0 Å². The Kier molecular flexibility index (Phi) is 5.92. The number of nitrogens with one attached hydrogen (secondary N) is 2. The van der Waals surface area contributed by atoms with E-state index < -0.39 is 0 Å². The van der Waals surface area contributed by atoms with Crippen LogP contribution in [0.15, 0.2) is 24.5 Å². The normalized spacial score (nSPS) is 18.0. The lowest BCUT2D eigenvalue weighted by Gasteiger charge is -2.33.